The molecule has 0 bridgehead atoms. The standard InChI is InChI=1S/C9H17ClN2O3S/c10-3-4-12(9-1-2-9)16(13,14)11-5-7-15-8-6-11/h9H,1-8H2. The largest absolute Gasteiger partial charge is 0.379 e. The van der Waals surface area contributed by atoms with E-state index >= 15 is 0 Å². The molecule has 0 atom stereocenters. The van der Waals surface area contributed by atoms with Crippen LogP contribution in [0, 0.1) is 0 Å². The first-order chi connectivity index (χ1) is 7.66. The van der Waals surface area contributed by atoms with Gasteiger partial charge in [-0.25, -0.2) is 0 Å². The molecule has 0 radical (unpaired) electrons. The fourth-order valence-corrected chi connectivity index (χ4v) is 3.96. The molecule has 5 nitrogen and oxygen atoms in total. The molecule has 16 heavy (non-hydrogen) atoms. The number of rotatable bonds is 5. The second kappa shape index (κ2) is 5.18. The minimum Gasteiger partial charge on any atom is -0.379 e. The second-order valence-corrected chi connectivity index (χ2v) is 6.31. The molecule has 1 heterocycles. The topological polar surface area (TPSA) is 49.9 Å². The van der Waals surface area contributed by atoms with E-state index in [-0.39, 0.29) is 6.04 Å². The number of nitrogens with zero attached hydrogens (tertiary/aromatic N) is 2. The van der Waals surface area contributed by atoms with Gasteiger partial charge in [-0.3, -0.25) is 0 Å². The van der Waals surface area contributed by atoms with E-state index in [0.29, 0.717) is 38.7 Å². The smallest absolute Gasteiger partial charge is 0.282 e. The molecule has 1 aliphatic carbocycles. The highest BCUT2D eigenvalue weighted by Gasteiger charge is 2.40. The predicted octanol–water partition coefficient (Wildman–Crippen LogP) is 0.267. The summed E-state index contributed by atoms with van der Waals surface area (Å²) in [6.45, 7) is 2.28. The number of ether oxygens (including phenoxy) is 1. The maximum Gasteiger partial charge on any atom is 0.282 e. The summed E-state index contributed by atoms with van der Waals surface area (Å²) in [5.41, 5.74) is 0. The van der Waals surface area contributed by atoms with Gasteiger partial charge in [0, 0.05) is 31.6 Å². The first-order valence-electron chi connectivity index (χ1n) is 5.57. The summed E-state index contributed by atoms with van der Waals surface area (Å²) in [6.07, 6.45) is 1.92. The van der Waals surface area contributed by atoms with Crippen molar-refractivity contribution in [1.29, 1.82) is 0 Å². The molecule has 1 saturated heterocycles. The molecule has 0 N–H and O–H groups in total. The van der Waals surface area contributed by atoms with E-state index in [4.69, 9.17) is 16.3 Å². The lowest BCUT2D eigenvalue weighted by Crippen LogP contribution is -2.49. The lowest BCUT2D eigenvalue weighted by atomic mass is 10.5. The second-order valence-electron chi connectivity index (χ2n) is 4.05. The van der Waals surface area contributed by atoms with Crippen LogP contribution in [0.2, 0.25) is 0 Å². The molecule has 2 aliphatic rings. The van der Waals surface area contributed by atoms with Crippen molar-refractivity contribution in [2.75, 3.05) is 38.7 Å². The lowest BCUT2D eigenvalue weighted by Gasteiger charge is -2.31. The van der Waals surface area contributed by atoms with Crippen molar-refractivity contribution < 1.29 is 13.2 Å². The average Bonchev–Trinajstić information content (AvgIpc) is 3.11. The Balaban J connectivity index is 2.07. The zero-order valence-corrected chi connectivity index (χ0v) is 10.7. The van der Waals surface area contributed by atoms with Crippen LogP contribution in [0.5, 0.6) is 0 Å². The Morgan fingerprint density at radius 1 is 1.31 bits per heavy atom. The Morgan fingerprint density at radius 3 is 2.44 bits per heavy atom. The van der Waals surface area contributed by atoms with Gasteiger partial charge in [0.05, 0.1) is 13.2 Å². The van der Waals surface area contributed by atoms with Gasteiger partial charge >= 0.3 is 0 Å². The Hall–Kier alpha value is 0.120. The summed E-state index contributed by atoms with van der Waals surface area (Å²) >= 11 is 5.66. The molecule has 0 aromatic heterocycles. The summed E-state index contributed by atoms with van der Waals surface area (Å²) < 4.78 is 32.8. The van der Waals surface area contributed by atoms with Crippen LogP contribution in [0.4, 0.5) is 0 Å². The molecule has 0 aromatic rings. The lowest BCUT2D eigenvalue weighted by molar-refractivity contribution is 0.0701. The minimum atomic E-state index is -3.32. The monoisotopic (exact) mass is 268 g/mol. The van der Waals surface area contributed by atoms with Gasteiger partial charge in [-0.15, -0.1) is 11.6 Å². The van der Waals surface area contributed by atoms with Crippen LogP contribution in [0.3, 0.4) is 0 Å². The average molecular weight is 269 g/mol. The first-order valence-corrected chi connectivity index (χ1v) is 7.50. The van der Waals surface area contributed by atoms with Crippen molar-refractivity contribution in [3.05, 3.63) is 0 Å². The van der Waals surface area contributed by atoms with Gasteiger partial charge < -0.3 is 4.74 Å². The SMILES string of the molecule is O=S(=O)(N1CCOCC1)N(CCCl)C1CC1. The van der Waals surface area contributed by atoms with Gasteiger partial charge in [-0.2, -0.15) is 17.0 Å². The Bertz CT molecular complexity index is 326. The van der Waals surface area contributed by atoms with Crippen molar-refractivity contribution in [2.24, 2.45) is 0 Å². The van der Waals surface area contributed by atoms with E-state index in [1.54, 1.807) is 4.31 Å². The van der Waals surface area contributed by atoms with Crippen LogP contribution < -0.4 is 0 Å². The summed E-state index contributed by atoms with van der Waals surface area (Å²) in [6, 6.07) is 0.173. The first kappa shape index (κ1) is 12.6. The third-order valence-electron chi connectivity index (χ3n) is 2.85. The normalized spacial score (nSPS) is 23.9. The maximum absolute atomic E-state index is 12.3. The zero-order chi connectivity index (χ0) is 11.6. The molecule has 0 amide bonds. The van der Waals surface area contributed by atoms with Crippen LogP contribution in [-0.2, 0) is 14.9 Å². The quantitative estimate of drug-likeness (QED) is 0.673. The third kappa shape index (κ3) is 2.68. The predicted molar refractivity (Wildman–Crippen MR) is 61.8 cm³/mol. The van der Waals surface area contributed by atoms with Gasteiger partial charge in [0.2, 0.25) is 0 Å². The van der Waals surface area contributed by atoms with E-state index in [9.17, 15) is 8.42 Å². The van der Waals surface area contributed by atoms with Gasteiger partial charge in [-0.05, 0) is 12.8 Å². The molecule has 94 valence electrons. The Kier molecular flexibility index (Phi) is 4.07. The van der Waals surface area contributed by atoms with Crippen molar-refractivity contribution in [1.82, 2.24) is 8.61 Å². The van der Waals surface area contributed by atoms with Gasteiger partial charge in [0.15, 0.2) is 0 Å². The van der Waals surface area contributed by atoms with Gasteiger partial charge in [0.25, 0.3) is 10.2 Å². The van der Waals surface area contributed by atoms with Crippen LogP contribution in [-0.4, -0.2) is 61.8 Å². The van der Waals surface area contributed by atoms with E-state index in [2.05, 4.69) is 0 Å². The van der Waals surface area contributed by atoms with Crippen molar-refractivity contribution in [2.45, 2.75) is 18.9 Å². The van der Waals surface area contributed by atoms with Crippen LogP contribution in [0.25, 0.3) is 0 Å². The van der Waals surface area contributed by atoms with E-state index in [1.165, 1.54) is 4.31 Å². The molecule has 1 aliphatic heterocycles. The maximum atomic E-state index is 12.3. The molecule has 0 aromatic carbocycles. The summed E-state index contributed by atoms with van der Waals surface area (Å²) in [7, 11) is -3.32. The third-order valence-corrected chi connectivity index (χ3v) is 5.11. The molecule has 1 saturated carbocycles. The van der Waals surface area contributed by atoms with Crippen LogP contribution in [0.15, 0.2) is 0 Å². The molecular formula is C9H17ClN2O3S. The molecular weight excluding hydrogens is 252 g/mol. The fraction of sp³-hybridized carbons (Fsp3) is 1.00. The molecule has 2 fully saturated rings. The Morgan fingerprint density at radius 2 is 1.94 bits per heavy atom. The van der Waals surface area contributed by atoms with Crippen molar-refractivity contribution in [3.63, 3.8) is 0 Å². The minimum absolute atomic E-state index is 0.173. The van der Waals surface area contributed by atoms with E-state index < -0.39 is 10.2 Å². The van der Waals surface area contributed by atoms with Crippen LogP contribution in [0.1, 0.15) is 12.8 Å². The number of halogens is 1. The molecule has 0 unspecified atom stereocenters. The molecule has 0 spiro atoms. The summed E-state index contributed by atoms with van der Waals surface area (Å²) in [5, 5.41) is 0. The Labute approximate surface area is 101 Å². The summed E-state index contributed by atoms with van der Waals surface area (Å²) in [5.74, 6) is 0.347. The number of hydrogen-bond acceptors (Lipinski definition) is 3. The van der Waals surface area contributed by atoms with E-state index in [1.807, 2.05) is 0 Å². The summed E-state index contributed by atoms with van der Waals surface area (Å²) in [4.78, 5) is 0. The molecule has 2 rings (SSSR count). The van der Waals surface area contributed by atoms with Gasteiger partial charge in [0.1, 0.15) is 0 Å². The fourth-order valence-electron chi connectivity index (χ4n) is 1.86. The van der Waals surface area contributed by atoms with Gasteiger partial charge in [-0.1, -0.05) is 0 Å². The van der Waals surface area contributed by atoms with Crippen molar-refractivity contribution in [3.8, 4) is 0 Å². The van der Waals surface area contributed by atoms with E-state index in [0.717, 1.165) is 12.8 Å². The number of morpholine rings is 1. The highest BCUT2D eigenvalue weighted by atomic mass is 35.5. The highest BCUT2D eigenvalue weighted by molar-refractivity contribution is 7.86. The zero-order valence-electron chi connectivity index (χ0n) is 9.14. The number of alkyl halides is 1. The highest BCUT2D eigenvalue weighted by Crippen LogP contribution is 2.30. The van der Waals surface area contributed by atoms with Crippen LogP contribution >= 0.6 is 11.6 Å². The molecule has 7 heteroatoms. The number of hydrogen-bond donors (Lipinski definition) is 0. The van der Waals surface area contributed by atoms with Crippen molar-refractivity contribution >= 4 is 21.8 Å².